The highest BCUT2D eigenvalue weighted by Gasteiger charge is 2.29. The standard InChI is InChI=1S/C14H20N2O4S/c1-21(18,19)13-4-2-3-12(9-13)20-11-7-5-10(6-8-11)14(15)16-17/h5-8,12-13,17H,2-4,9H2,1H3,(H2,15,16). The Hall–Kier alpha value is -1.76. The van der Waals surface area contributed by atoms with Crippen molar-refractivity contribution in [3.63, 3.8) is 0 Å². The smallest absolute Gasteiger partial charge is 0.170 e. The summed E-state index contributed by atoms with van der Waals surface area (Å²) in [6.45, 7) is 0. The van der Waals surface area contributed by atoms with Gasteiger partial charge in [0.25, 0.3) is 0 Å². The molecule has 2 unspecified atom stereocenters. The monoisotopic (exact) mass is 312 g/mol. The average Bonchev–Trinajstić information content (AvgIpc) is 2.47. The van der Waals surface area contributed by atoms with Gasteiger partial charge in [0, 0.05) is 18.2 Å². The van der Waals surface area contributed by atoms with Crippen LogP contribution in [0.2, 0.25) is 0 Å². The fourth-order valence-electron chi connectivity index (χ4n) is 2.55. The average molecular weight is 312 g/mol. The van der Waals surface area contributed by atoms with Gasteiger partial charge in [0.1, 0.15) is 15.6 Å². The van der Waals surface area contributed by atoms with Gasteiger partial charge in [-0.25, -0.2) is 8.42 Å². The van der Waals surface area contributed by atoms with Gasteiger partial charge in [0.2, 0.25) is 0 Å². The van der Waals surface area contributed by atoms with Crippen molar-refractivity contribution in [2.45, 2.75) is 37.0 Å². The van der Waals surface area contributed by atoms with Crippen molar-refractivity contribution >= 4 is 15.7 Å². The summed E-state index contributed by atoms with van der Waals surface area (Å²) >= 11 is 0. The van der Waals surface area contributed by atoms with Gasteiger partial charge < -0.3 is 15.7 Å². The van der Waals surface area contributed by atoms with Crippen LogP contribution in [0.4, 0.5) is 0 Å². The molecule has 1 aliphatic rings. The molecule has 0 heterocycles. The zero-order valence-electron chi connectivity index (χ0n) is 11.9. The highest BCUT2D eigenvalue weighted by Crippen LogP contribution is 2.27. The van der Waals surface area contributed by atoms with E-state index in [1.54, 1.807) is 24.3 Å². The first kappa shape index (κ1) is 15.6. The van der Waals surface area contributed by atoms with Crippen molar-refractivity contribution in [3.8, 4) is 5.75 Å². The first-order valence-electron chi connectivity index (χ1n) is 6.83. The summed E-state index contributed by atoms with van der Waals surface area (Å²) in [6.07, 6.45) is 4.14. The Balaban J connectivity index is 2.01. The van der Waals surface area contributed by atoms with E-state index < -0.39 is 9.84 Å². The topological polar surface area (TPSA) is 102 Å². The molecule has 21 heavy (non-hydrogen) atoms. The van der Waals surface area contributed by atoms with E-state index in [-0.39, 0.29) is 17.2 Å². The lowest BCUT2D eigenvalue weighted by atomic mass is 9.97. The Bertz CT molecular complexity index is 610. The van der Waals surface area contributed by atoms with E-state index in [1.165, 1.54) is 6.26 Å². The van der Waals surface area contributed by atoms with Crippen molar-refractivity contribution < 1.29 is 18.4 Å². The number of hydrogen-bond acceptors (Lipinski definition) is 5. The van der Waals surface area contributed by atoms with Crippen LogP contribution in [0.1, 0.15) is 31.2 Å². The summed E-state index contributed by atoms with van der Waals surface area (Å²) in [6, 6.07) is 6.86. The number of nitrogens with two attached hydrogens (primary N) is 1. The Morgan fingerprint density at radius 2 is 2.00 bits per heavy atom. The maximum absolute atomic E-state index is 11.6. The number of amidine groups is 1. The van der Waals surface area contributed by atoms with E-state index in [1.807, 2.05) is 0 Å². The molecule has 0 saturated heterocycles. The van der Waals surface area contributed by atoms with Gasteiger partial charge in [0.05, 0.1) is 11.4 Å². The molecule has 2 atom stereocenters. The zero-order chi connectivity index (χ0) is 15.5. The number of nitrogens with zero attached hydrogens (tertiary/aromatic N) is 1. The predicted molar refractivity (Wildman–Crippen MR) is 80.5 cm³/mol. The van der Waals surface area contributed by atoms with Crippen LogP contribution in [0.15, 0.2) is 29.4 Å². The van der Waals surface area contributed by atoms with E-state index in [0.29, 0.717) is 24.2 Å². The molecule has 2 rings (SSSR count). The maximum atomic E-state index is 11.6. The maximum Gasteiger partial charge on any atom is 0.170 e. The van der Waals surface area contributed by atoms with Crippen LogP contribution < -0.4 is 10.5 Å². The Labute approximate surface area is 124 Å². The summed E-state index contributed by atoms with van der Waals surface area (Å²) in [4.78, 5) is 0. The molecule has 0 bridgehead atoms. The van der Waals surface area contributed by atoms with Gasteiger partial charge in [-0.2, -0.15) is 0 Å². The Kier molecular flexibility index (Phi) is 4.72. The fraction of sp³-hybridized carbons (Fsp3) is 0.500. The second-order valence-corrected chi connectivity index (χ2v) is 7.69. The predicted octanol–water partition coefficient (Wildman–Crippen LogP) is 1.52. The number of rotatable bonds is 4. The highest BCUT2D eigenvalue weighted by atomic mass is 32.2. The molecule has 1 fully saturated rings. The summed E-state index contributed by atoms with van der Waals surface area (Å²) < 4.78 is 29.1. The molecule has 0 aromatic heterocycles. The minimum absolute atomic E-state index is 0.0383. The van der Waals surface area contributed by atoms with Crippen LogP contribution in [0.25, 0.3) is 0 Å². The Morgan fingerprint density at radius 3 is 2.57 bits per heavy atom. The molecule has 1 aromatic carbocycles. The molecule has 3 N–H and O–H groups in total. The molecule has 0 amide bonds. The van der Waals surface area contributed by atoms with Gasteiger partial charge in [-0.05, 0) is 43.5 Å². The number of oxime groups is 1. The molecule has 0 radical (unpaired) electrons. The van der Waals surface area contributed by atoms with Gasteiger partial charge in [-0.15, -0.1) is 0 Å². The second kappa shape index (κ2) is 6.34. The second-order valence-electron chi connectivity index (χ2n) is 5.37. The van der Waals surface area contributed by atoms with E-state index in [9.17, 15) is 8.42 Å². The molecule has 1 saturated carbocycles. The summed E-state index contributed by atoms with van der Waals surface area (Å²) in [7, 11) is -3.01. The van der Waals surface area contributed by atoms with E-state index in [4.69, 9.17) is 15.7 Å². The van der Waals surface area contributed by atoms with Gasteiger partial charge in [-0.1, -0.05) is 5.16 Å². The summed E-state index contributed by atoms with van der Waals surface area (Å²) in [5, 5.41) is 11.2. The van der Waals surface area contributed by atoms with Gasteiger partial charge in [0.15, 0.2) is 5.84 Å². The minimum atomic E-state index is -3.01. The lowest BCUT2D eigenvalue weighted by Gasteiger charge is -2.28. The van der Waals surface area contributed by atoms with Crippen LogP contribution in [-0.2, 0) is 9.84 Å². The molecule has 0 spiro atoms. The normalized spacial score (nSPS) is 23.8. The molecule has 1 aliphatic carbocycles. The van der Waals surface area contributed by atoms with Crippen LogP contribution in [-0.4, -0.2) is 37.1 Å². The van der Waals surface area contributed by atoms with Crippen LogP contribution in [0.3, 0.4) is 0 Å². The lowest BCUT2D eigenvalue weighted by Crippen LogP contribution is -2.33. The number of sulfone groups is 1. The van der Waals surface area contributed by atoms with Crippen molar-refractivity contribution in [1.29, 1.82) is 0 Å². The zero-order valence-corrected chi connectivity index (χ0v) is 12.7. The molecule has 0 aliphatic heterocycles. The van der Waals surface area contributed by atoms with Crippen molar-refractivity contribution in [2.75, 3.05) is 6.26 Å². The molecular weight excluding hydrogens is 292 g/mol. The third-order valence-electron chi connectivity index (χ3n) is 3.74. The van der Waals surface area contributed by atoms with Crippen LogP contribution in [0.5, 0.6) is 5.75 Å². The van der Waals surface area contributed by atoms with Crippen LogP contribution >= 0.6 is 0 Å². The molecule has 116 valence electrons. The Morgan fingerprint density at radius 1 is 1.33 bits per heavy atom. The van der Waals surface area contributed by atoms with E-state index in [0.717, 1.165) is 12.8 Å². The van der Waals surface area contributed by atoms with Crippen molar-refractivity contribution in [2.24, 2.45) is 10.9 Å². The minimum Gasteiger partial charge on any atom is -0.490 e. The van der Waals surface area contributed by atoms with Gasteiger partial charge in [-0.3, -0.25) is 0 Å². The summed E-state index contributed by atoms with van der Waals surface area (Å²) in [5.74, 6) is 0.694. The van der Waals surface area contributed by atoms with Crippen molar-refractivity contribution in [3.05, 3.63) is 29.8 Å². The quantitative estimate of drug-likeness (QED) is 0.380. The third-order valence-corrected chi connectivity index (χ3v) is 5.38. The van der Waals surface area contributed by atoms with Crippen molar-refractivity contribution in [1.82, 2.24) is 0 Å². The number of ether oxygens (including phenoxy) is 1. The fourth-order valence-corrected chi connectivity index (χ4v) is 3.71. The highest BCUT2D eigenvalue weighted by molar-refractivity contribution is 7.91. The SMILES string of the molecule is CS(=O)(=O)C1CCCC(Oc2ccc(/C(N)=N/O)cc2)C1. The van der Waals surface area contributed by atoms with E-state index in [2.05, 4.69) is 5.16 Å². The number of benzene rings is 1. The van der Waals surface area contributed by atoms with Gasteiger partial charge >= 0.3 is 0 Å². The first-order chi connectivity index (χ1) is 9.90. The number of hydrogen-bond donors (Lipinski definition) is 2. The largest absolute Gasteiger partial charge is 0.490 e. The summed E-state index contributed by atoms with van der Waals surface area (Å²) in [5.41, 5.74) is 6.09. The van der Waals surface area contributed by atoms with Crippen LogP contribution in [0, 0.1) is 0 Å². The lowest BCUT2D eigenvalue weighted by molar-refractivity contribution is 0.156. The molecule has 7 heteroatoms. The molecule has 6 nitrogen and oxygen atoms in total. The first-order valence-corrected chi connectivity index (χ1v) is 8.79. The van der Waals surface area contributed by atoms with E-state index >= 15 is 0 Å². The third kappa shape index (κ3) is 4.10. The molecule has 1 aromatic rings. The molecular formula is C14H20N2O4S.